The molecule has 9 heteroatoms. The third-order valence-electron chi connectivity index (χ3n) is 2.47. The number of nitrogens with zero attached hydrogens (tertiary/aromatic N) is 1. The molecule has 0 saturated carbocycles. The molecule has 0 aliphatic heterocycles. The van der Waals surface area contributed by atoms with Crippen molar-refractivity contribution in [2.45, 2.75) is 32.2 Å². The number of carbonyl (C=O) groups is 3. The number of aliphatic carboxylic acids is 2. The second-order valence-electron chi connectivity index (χ2n) is 4.31. The topological polar surface area (TPSA) is 139 Å². The largest absolute Gasteiger partial charge is 0.481 e. The van der Waals surface area contributed by atoms with E-state index in [9.17, 15) is 14.4 Å². The van der Waals surface area contributed by atoms with Crippen molar-refractivity contribution < 1.29 is 33.9 Å². The maximum absolute atomic E-state index is 11.6. The van der Waals surface area contributed by atoms with E-state index >= 15 is 0 Å². The van der Waals surface area contributed by atoms with Crippen LogP contribution in [-0.2, 0) is 14.4 Å². The Morgan fingerprint density at radius 1 is 1.43 bits per heavy atom. The fraction of sp³-hybridized carbons (Fsp3) is 0.500. The Balaban J connectivity index is 2.37. The Bertz CT molecular complexity index is 511. The predicted molar refractivity (Wildman–Crippen MR) is 67.8 cm³/mol. The van der Waals surface area contributed by atoms with Crippen molar-refractivity contribution >= 4 is 17.8 Å². The molecule has 0 radical (unpaired) electrons. The van der Waals surface area contributed by atoms with Gasteiger partial charge in [0.05, 0.1) is 0 Å². The Morgan fingerprint density at radius 2 is 2.14 bits per heavy atom. The van der Waals surface area contributed by atoms with Gasteiger partial charge in [-0.05, 0) is 24.9 Å². The number of carbonyl (C=O) groups excluding carboxylic acids is 1. The van der Waals surface area contributed by atoms with Crippen LogP contribution in [0.25, 0.3) is 0 Å². The van der Waals surface area contributed by atoms with Crippen LogP contribution in [0.3, 0.4) is 0 Å². The minimum atomic E-state index is -1.23. The molecule has 0 saturated heterocycles. The number of hydrogen-bond acceptors (Lipinski definition) is 6. The van der Waals surface area contributed by atoms with Crippen LogP contribution in [0.1, 0.15) is 25.0 Å². The fourth-order valence-electron chi connectivity index (χ4n) is 1.50. The first-order valence-corrected chi connectivity index (χ1v) is 6.18. The smallest absolute Gasteiger partial charge is 0.326 e. The van der Waals surface area contributed by atoms with Gasteiger partial charge in [-0.3, -0.25) is 9.59 Å². The monoisotopic (exact) mass is 300 g/mol. The third kappa shape index (κ3) is 6.41. The number of amides is 1. The molecule has 9 nitrogen and oxygen atoms in total. The summed E-state index contributed by atoms with van der Waals surface area (Å²) < 4.78 is 9.74. The second-order valence-corrected chi connectivity index (χ2v) is 4.31. The highest BCUT2D eigenvalue weighted by Gasteiger charge is 2.20. The van der Waals surface area contributed by atoms with Gasteiger partial charge in [-0.1, -0.05) is 0 Å². The Morgan fingerprint density at radius 3 is 2.67 bits per heavy atom. The first kappa shape index (κ1) is 16.5. The minimum Gasteiger partial charge on any atom is -0.481 e. The maximum Gasteiger partial charge on any atom is 0.326 e. The quantitative estimate of drug-likeness (QED) is 0.587. The Hall–Kier alpha value is -2.58. The van der Waals surface area contributed by atoms with Gasteiger partial charge in [0.25, 0.3) is 11.8 Å². The number of carboxylic acids is 2. The van der Waals surface area contributed by atoms with E-state index in [-0.39, 0.29) is 25.1 Å². The highest BCUT2D eigenvalue weighted by molar-refractivity contribution is 5.84. The van der Waals surface area contributed by atoms with Crippen molar-refractivity contribution in [1.82, 2.24) is 10.5 Å². The summed E-state index contributed by atoms with van der Waals surface area (Å²) >= 11 is 0. The van der Waals surface area contributed by atoms with Gasteiger partial charge >= 0.3 is 11.9 Å². The number of aryl methyl sites for hydroxylation is 1. The zero-order valence-corrected chi connectivity index (χ0v) is 11.4. The number of ether oxygens (including phenoxy) is 1. The lowest BCUT2D eigenvalue weighted by atomic mass is 10.1. The number of nitrogens with one attached hydrogen (secondary N) is 1. The number of hydrogen-bond donors (Lipinski definition) is 3. The molecule has 1 amide bonds. The molecule has 0 spiro atoms. The molecule has 0 aliphatic carbocycles. The van der Waals surface area contributed by atoms with E-state index < -0.39 is 30.5 Å². The normalized spacial score (nSPS) is 11.7. The second kappa shape index (κ2) is 7.88. The van der Waals surface area contributed by atoms with E-state index in [1.807, 2.05) is 0 Å². The fourth-order valence-corrected chi connectivity index (χ4v) is 1.50. The van der Waals surface area contributed by atoms with Crippen molar-refractivity contribution in [2.24, 2.45) is 0 Å². The van der Waals surface area contributed by atoms with Crippen LogP contribution in [0, 0.1) is 6.92 Å². The van der Waals surface area contributed by atoms with Crippen LogP contribution in [0.2, 0.25) is 0 Å². The highest BCUT2D eigenvalue weighted by Crippen LogP contribution is 2.09. The highest BCUT2D eigenvalue weighted by atomic mass is 16.5. The summed E-state index contributed by atoms with van der Waals surface area (Å²) in [7, 11) is 0. The molecule has 1 atom stereocenters. The Kier molecular flexibility index (Phi) is 6.18. The Labute approximate surface area is 119 Å². The van der Waals surface area contributed by atoms with Gasteiger partial charge in [-0.15, -0.1) is 0 Å². The van der Waals surface area contributed by atoms with Gasteiger partial charge in [0, 0.05) is 12.5 Å². The standard InChI is InChI=1S/C12H16N2O7/c1-7-5-10(14-21-7)20-6-9(15)13-8(12(18)19)3-2-4-11(16)17/h5,8H,2-4,6H2,1H3,(H,13,15)(H,16,17)(H,18,19)/t8-/m1/s1. The van der Waals surface area contributed by atoms with Crippen molar-refractivity contribution in [3.63, 3.8) is 0 Å². The summed E-state index contributed by atoms with van der Waals surface area (Å²) in [4.78, 5) is 32.9. The van der Waals surface area contributed by atoms with Crippen molar-refractivity contribution in [1.29, 1.82) is 0 Å². The van der Waals surface area contributed by atoms with E-state index in [1.165, 1.54) is 6.07 Å². The molecule has 0 fully saturated rings. The van der Waals surface area contributed by atoms with Crippen molar-refractivity contribution in [3.8, 4) is 5.88 Å². The van der Waals surface area contributed by atoms with Crippen LogP contribution in [0.15, 0.2) is 10.6 Å². The summed E-state index contributed by atoms with van der Waals surface area (Å²) in [6.45, 7) is 1.25. The molecule has 21 heavy (non-hydrogen) atoms. The van der Waals surface area contributed by atoms with Gasteiger partial charge in [0.15, 0.2) is 6.61 Å². The lowest BCUT2D eigenvalue weighted by molar-refractivity contribution is -0.143. The molecular formula is C12H16N2O7. The minimum absolute atomic E-state index is 0.0242. The maximum atomic E-state index is 11.6. The molecule has 0 aliphatic rings. The van der Waals surface area contributed by atoms with Crippen LogP contribution in [-0.4, -0.2) is 45.9 Å². The van der Waals surface area contributed by atoms with Gasteiger partial charge in [0.2, 0.25) is 0 Å². The molecule has 116 valence electrons. The zero-order chi connectivity index (χ0) is 15.8. The summed E-state index contributed by atoms with van der Waals surface area (Å²) in [6, 6.07) is 0.328. The molecule has 1 aromatic rings. The van der Waals surface area contributed by atoms with E-state index in [0.29, 0.717) is 5.76 Å². The molecule has 1 heterocycles. The van der Waals surface area contributed by atoms with Crippen LogP contribution in [0.4, 0.5) is 0 Å². The summed E-state index contributed by atoms with van der Waals surface area (Å²) in [6.07, 6.45) is 0.0146. The van der Waals surface area contributed by atoms with Gasteiger partial charge in [-0.25, -0.2) is 4.79 Å². The molecule has 1 rings (SSSR count). The third-order valence-corrected chi connectivity index (χ3v) is 2.47. The lowest BCUT2D eigenvalue weighted by Gasteiger charge is -2.13. The van der Waals surface area contributed by atoms with E-state index in [4.69, 9.17) is 19.5 Å². The van der Waals surface area contributed by atoms with E-state index in [0.717, 1.165) is 0 Å². The first-order chi connectivity index (χ1) is 9.88. The van der Waals surface area contributed by atoms with Gasteiger partial charge in [0.1, 0.15) is 11.8 Å². The summed E-state index contributed by atoms with van der Waals surface area (Å²) in [5.41, 5.74) is 0. The first-order valence-electron chi connectivity index (χ1n) is 6.18. The van der Waals surface area contributed by atoms with E-state index in [1.54, 1.807) is 6.92 Å². The average Bonchev–Trinajstić information content (AvgIpc) is 2.80. The molecule has 1 aromatic heterocycles. The molecule has 0 unspecified atom stereocenters. The molecular weight excluding hydrogens is 284 g/mol. The number of rotatable bonds is 9. The number of aromatic nitrogens is 1. The van der Waals surface area contributed by atoms with Crippen molar-refractivity contribution in [2.75, 3.05) is 6.61 Å². The van der Waals surface area contributed by atoms with E-state index in [2.05, 4.69) is 10.5 Å². The average molecular weight is 300 g/mol. The van der Waals surface area contributed by atoms with Gasteiger partial charge in [-0.2, -0.15) is 0 Å². The lowest BCUT2D eigenvalue weighted by Crippen LogP contribution is -2.43. The zero-order valence-electron chi connectivity index (χ0n) is 11.4. The molecule has 0 bridgehead atoms. The summed E-state index contributed by atoms with van der Waals surface area (Å²) in [5, 5.41) is 23.2. The predicted octanol–water partition coefficient (Wildman–Crippen LogP) is 0.186. The number of carboxylic acid groups (broad SMARTS) is 2. The van der Waals surface area contributed by atoms with Crippen LogP contribution < -0.4 is 10.1 Å². The molecule has 3 N–H and O–H groups in total. The van der Waals surface area contributed by atoms with Crippen LogP contribution in [0.5, 0.6) is 5.88 Å². The molecule has 0 aromatic carbocycles. The van der Waals surface area contributed by atoms with Crippen LogP contribution >= 0.6 is 0 Å². The summed E-state index contributed by atoms with van der Waals surface area (Å²) in [5.74, 6) is -2.25. The van der Waals surface area contributed by atoms with Crippen molar-refractivity contribution in [3.05, 3.63) is 11.8 Å². The SMILES string of the molecule is Cc1cc(OCC(=O)N[C@H](CCCC(=O)O)C(=O)O)no1. The van der Waals surface area contributed by atoms with Gasteiger partial charge < -0.3 is 24.8 Å².